The molecule has 0 fully saturated rings. The molecule has 0 bridgehead atoms. The van der Waals surface area contributed by atoms with Crippen LogP contribution >= 0.6 is 0 Å². The van der Waals surface area contributed by atoms with E-state index >= 15 is 0 Å². The molecule has 0 aliphatic rings. The summed E-state index contributed by atoms with van der Waals surface area (Å²) in [5.74, 6) is -1.09. The SMILES string of the molecule is C=C(C)C(CC=C(C)C)C(=O)N=O. The van der Waals surface area contributed by atoms with Crippen LogP contribution in [-0.2, 0) is 4.79 Å². The van der Waals surface area contributed by atoms with E-state index in [1.54, 1.807) is 6.92 Å². The van der Waals surface area contributed by atoms with Gasteiger partial charge in [-0.2, -0.15) is 0 Å². The lowest BCUT2D eigenvalue weighted by atomic mass is 9.96. The van der Waals surface area contributed by atoms with E-state index in [2.05, 4.69) is 11.8 Å². The van der Waals surface area contributed by atoms with Crippen molar-refractivity contribution < 1.29 is 4.79 Å². The van der Waals surface area contributed by atoms with Crippen molar-refractivity contribution in [2.75, 3.05) is 0 Å². The van der Waals surface area contributed by atoms with Gasteiger partial charge in [-0.25, -0.2) is 0 Å². The van der Waals surface area contributed by atoms with E-state index in [0.717, 1.165) is 5.57 Å². The Morgan fingerprint density at radius 2 is 2.00 bits per heavy atom. The first-order chi connectivity index (χ1) is 5.99. The first kappa shape index (κ1) is 11.8. The van der Waals surface area contributed by atoms with Crippen LogP contribution in [0.4, 0.5) is 0 Å². The second-order valence-electron chi connectivity index (χ2n) is 3.35. The monoisotopic (exact) mass is 181 g/mol. The largest absolute Gasteiger partial charge is 0.293 e. The second kappa shape index (κ2) is 5.41. The number of nitrogens with zero attached hydrogens (tertiary/aromatic N) is 1. The lowest BCUT2D eigenvalue weighted by molar-refractivity contribution is -0.120. The van der Waals surface area contributed by atoms with Gasteiger partial charge in [-0.15, -0.1) is 4.91 Å². The van der Waals surface area contributed by atoms with Crippen LogP contribution in [-0.4, -0.2) is 5.91 Å². The quantitative estimate of drug-likeness (QED) is 0.494. The van der Waals surface area contributed by atoms with Gasteiger partial charge in [0, 0.05) is 5.18 Å². The summed E-state index contributed by atoms with van der Waals surface area (Å²) in [6, 6.07) is 0. The summed E-state index contributed by atoms with van der Waals surface area (Å²) in [5, 5.41) is 2.41. The molecule has 0 spiro atoms. The number of nitroso groups, excluding NO2 is 1. The number of hydrogen-bond acceptors (Lipinski definition) is 2. The van der Waals surface area contributed by atoms with E-state index in [1.807, 2.05) is 19.9 Å². The summed E-state index contributed by atoms with van der Waals surface area (Å²) in [5.41, 5.74) is 1.80. The average molecular weight is 181 g/mol. The molecule has 0 aromatic heterocycles. The van der Waals surface area contributed by atoms with Gasteiger partial charge >= 0.3 is 0 Å². The first-order valence-electron chi connectivity index (χ1n) is 4.15. The van der Waals surface area contributed by atoms with Crippen molar-refractivity contribution in [3.8, 4) is 0 Å². The molecule has 1 atom stereocenters. The van der Waals surface area contributed by atoms with E-state index in [0.29, 0.717) is 12.0 Å². The summed E-state index contributed by atoms with van der Waals surface area (Å²) < 4.78 is 0. The van der Waals surface area contributed by atoms with E-state index in [-0.39, 0.29) is 0 Å². The fourth-order valence-corrected chi connectivity index (χ4v) is 0.930. The molecule has 0 saturated carbocycles. The van der Waals surface area contributed by atoms with Crippen molar-refractivity contribution in [1.82, 2.24) is 0 Å². The van der Waals surface area contributed by atoms with Crippen LogP contribution < -0.4 is 0 Å². The Bertz CT molecular complexity index is 250. The van der Waals surface area contributed by atoms with Gasteiger partial charge in [0.1, 0.15) is 0 Å². The highest BCUT2D eigenvalue weighted by Gasteiger charge is 2.18. The topological polar surface area (TPSA) is 46.5 Å². The van der Waals surface area contributed by atoms with Crippen molar-refractivity contribution in [3.05, 3.63) is 28.7 Å². The highest BCUT2D eigenvalue weighted by molar-refractivity contribution is 5.82. The zero-order chi connectivity index (χ0) is 10.4. The molecule has 1 unspecified atom stereocenters. The van der Waals surface area contributed by atoms with Gasteiger partial charge in [-0.1, -0.05) is 23.8 Å². The lowest BCUT2D eigenvalue weighted by Crippen LogP contribution is -2.11. The summed E-state index contributed by atoms with van der Waals surface area (Å²) in [7, 11) is 0. The molecule has 0 aliphatic heterocycles. The number of amides is 1. The molecule has 0 rings (SSSR count). The second-order valence-corrected chi connectivity index (χ2v) is 3.35. The van der Waals surface area contributed by atoms with Crippen molar-refractivity contribution in [3.63, 3.8) is 0 Å². The Morgan fingerprint density at radius 1 is 1.46 bits per heavy atom. The Hall–Kier alpha value is -1.25. The maximum atomic E-state index is 11.0. The summed E-state index contributed by atoms with van der Waals surface area (Å²) >= 11 is 0. The normalized spacial score (nSPS) is 11.6. The molecule has 3 nitrogen and oxygen atoms in total. The zero-order valence-corrected chi connectivity index (χ0v) is 8.33. The minimum atomic E-state index is -0.634. The Morgan fingerprint density at radius 3 is 2.31 bits per heavy atom. The Balaban J connectivity index is 4.45. The third-order valence-corrected chi connectivity index (χ3v) is 1.74. The third-order valence-electron chi connectivity index (χ3n) is 1.74. The molecule has 0 heterocycles. The molecule has 72 valence electrons. The predicted molar refractivity (Wildman–Crippen MR) is 53.2 cm³/mol. The number of rotatable bonds is 4. The molecule has 13 heavy (non-hydrogen) atoms. The van der Waals surface area contributed by atoms with Gasteiger partial charge in [0.25, 0.3) is 5.91 Å². The number of allylic oxidation sites excluding steroid dienone is 2. The summed E-state index contributed by atoms with van der Waals surface area (Å²) in [6.07, 6.45) is 2.42. The lowest BCUT2D eigenvalue weighted by Gasteiger charge is -2.08. The van der Waals surface area contributed by atoms with Crippen LogP contribution in [0.15, 0.2) is 29.0 Å². The fourth-order valence-electron chi connectivity index (χ4n) is 0.930. The van der Waals surface area contributed by atoms with Gasteiger partial charge in [0.15, 0.2) is 0 Å². The third kappa shape index (κ3) is 4.35. The van der Waals surface area contributed by atoms with Gasteiger partial charge in [-0.3, -0.25) is 4.79 Å². The van der Waals surface area contributed by atoms with Crippen LogP contribution in [0.5, 0.6) is 0 Å². The molecule has 0 saturated heterocycles. The molecule has 3 heteroatoms. The predicted octanol–water partition coefficient (Wildman–Crippen LogP) is 2.83. The van der Waals surface area contributed by atoms with Crippen molar-refractivity contribution >= 4 is 5.91 Å². The van der Waals surface area contributed by atoms with Crippen LogP contribution in [0.25, 0.3) is 0 Å². The minimum absolute atomic E-state index is 0.451. The molecule has 0 aromatic rings. The van der Waals surface area contributed by atoms with Crippen LogP contribution in [0.3, 0.4) is 0 Å². The van der Waals surface area contributed by atoms with E-state index in [1.165, 1.54) is 0 Å². The summed E-state index contributed by atoms with van der Waals surface area (Å²) in [6.45, 7) is 9.26. The number of carbonyl (C=O) groups excluding carboxylic acids is 1. The van der Waals surface area contributed by atoms with Gasteiger partial charge in [-0.05, 0) is 27.2 Å². The maximum Gasteiger partial charge on any atom is 0.293 e. The van der Waals surface area contributed by atoms with E-state index in [9.17, 15) is 9.70 Å². The zero-order valence-electron chi connectivity index (χ0n) is 8.33. The summed E-state index contributed by atoms with van der Waals surface area (Å²) in [4.78, 5) is 21.0. The molecule has 0 N–H and O–H groups in total. The van der Waals surface area contributed by atoms with Crippen LogP contribution in [0.1, 0.15) is 27.2 Å². The maximum absolute atomic E-state index is 11.0. The Kier molecular flexibility index (Phi) is 4.89. The van der Waals surface area contributed by atoms with Gasteiger partial charge in [0.05, 0.1) is 5.92 Å². The average Bonchev–Trinajstić information content (AvgIpc) is 2.03. The highest BCUT2D eigenvalue weighted by Crippen LogP contribution is 2.16. The molecular weight excluding hydrogens is 166 g/mol. The molecule has 1 amide bonds. The molecular formula is C10H15NO2. The first-order valence-corrected chi connectivity index (χ1v) is 4.15. The molecule has 0 aliphatic carbocycles. The minimum Gasteiger partial charge on any atom is -0.268 e. The molecule has 0 radical (unpaired) electrons. The van der Waals surface area contributed by atoms with Crippen LogP contribution in [0, 0.1) is 10.8 Å². The van der Waals surface area contributed by atoms with Crippen LogP contribution in [0.2, 0.25) is 0 Å². The van der Waals surface area contributed by atoms with E-state index < -0.39 is 11.8 Å². The fraction of sp³-hybridized carbons (Fsp3) is 0.500. The number of carbonyl (C=O) groups is 1. The smallest absolute Gasteiger partial charge is 0.268 e. The van der Waals surface area contributed by atoms with Crippen molar-refractivity contribution in [2.45, 2.75) is 27.2 Å². The Labute approximate surface area is 78.5 Å². The highest BCUT2D eigenvalue weighted by atomic mass is 16.3. The van der Waals surface area contributed by atoms with E-state index in [4.69, 9.17) is 0 Å². The van der Waals surface area contributed by atoms with Gasteiger partial charge < -0.3 is 0 Å². The standard InChI is InChI=1S/C10H15NO2/c1-7(2)5-6-9(8(3)4)10(12)11-13/h5,9H,3,6H2,1-2,4H3. The number of hydrogen-bond donors (Lipinski definition) is 0. The van der Waals surface area contributed by atoms with Crippen molar-refractivity contribution in [1.29, 1.82) is 0 Å². The van der Waals surface area contributed by atoms with Crippen molar-refractivity contribution in [2.24, 2.45) is 11.1 Å². The molecule has 0 aromatic carbocycles. The van der Waals surface area contributed by atoms with Gasteiger partial charge in [0.2, 0.25) is 0 Å².